The van der Waals surface area contributed by atoms with Crippen LogP contribution >= 0.6 is 11.6 Å². The zero-order chi connectivity index (χ0) is 13.7. The summed E-state index contributed by atoms with van der Waals surface area (Å²) in [5.41, 5.74) is 2.27. The van der Waals surface area contributed by atoms with Crippen LogP contribution in [-0.2, 0) is 0 Å². The molecule has 2 aromatic rings. The lowest BCUT2D eigenvalue weighted by molar-refractivity contribution is 0.414. The molecule has 0 amide bonds. The molecule has 0 saturated heterocycles. The van der Waals surface area contributed by atoms with Gasteiger partial charge in [-0.3, -0.25) is 0 Å². The van der Waals surface area contributed by atoms with Gasteiger partial charge < -0.3 is 4.74 Å². The van der Waals surface area contributed by atoms with Crippen molar-refractivity contribution in [2.75, 3.05) is 7.11 Å². The van der Waals surface area contributed by atoms with Crippen LogP contribution in [0, 0.1) is 11.3 Å². The first-order valence-electron chi connectivity index (χ1n) is 5.75. The molecule has 3 heteroatoms. The lowest BCUT2D eigenvalue weighted by atomic mass is 10.0. The molecule has 0 fully saturated rings. The van der Waals surface area contributed by atoms with Gasteiger partial charge in [-0.2, -0.15) is 5.26 Å². The highest BCUT2D eigenvalue weighted by Gasteiger charge is 2.04. The second-order valence-corrected chi connectivity index (χ2v) is 4.36. The summed E-state index contributed by atoms with van der Waals surface area (Å²) in [6.45, 7) is 0. The average molecular weight is 270 g/mol. The zero-order valence-corrected chi connectivity index (χ0v) is 11.2. The summed E-state index contributed by atoms with van der Waals surface area (Å²) in [7, 11) is 1.61. The first-order chi connectivity index (χ1) is 9.24. The monoisotopic (exact) mass is 269 g/mol. The number of rotatable bonds is 3. The Balaban J connectivity index is 2.44. The summed E-state index contributed by atoms with van der Waals surface area (Å²) in [5.74, 6) is 0.740. The molecule has 2 nitrogen and oxygen atoms in total. The van der Waals surface area contributed by atoms with Crippen LogP contribution in [-0.4, -0.2) is 7.11 Å². The molecule has 0 unspecified atom stereocenters. The van der Waals surface area contributed by atoms with E-state index in [-0.39, 0.29) is 0 Å². The molecule has 94 valence electrons. The fourth-order valence-electron chi connectivity index (χ4n) is 1.75. The van der Waals surface area contributed by atoms with Gasteiger partial charge in [-0.1, -0.05) is 41.9 Å². The fraction of sp³-hybridized carbons (Fsp3) is 0.0625. The van der Waals surface area contributed by atoms with Gasteiger partial charge >= 0.3 is 0 Å². The van der Waals surface area contributed by atoms with Gasteiger partial charge in [0, 0.05) is 10.6 Å². The molecule has 0 aliphatic heterocycles. The largest absolute Gasteiger partial charge is 0.496 e. The number of hydrogen-bond acceptors (Lipinski definition) is 2. The molecular formula is C16H12ClNO. The van der Waals surface area contributed by atoms with E-state index in [4.69, 9.17) is 16.3 Å². The second-order valence-electron chi connectivity index (χ2n) is 3.92. The number of ether oxygens (including phenoxy) is 1. The van der Waals surface area contributed by atoms with Crippen molar-refractivity contribution in [3.8, 4) is 11.8 Å². The Morgan fingerprint density at radius 3 is 2.47 bits per heavy atom. The first-order valence-corrected chi connectivity index (χ1v) is 6.13. The minimum atomic E-state index is 0.571. The summed E-state index contributed by atoms with van der Waals surface area (Å²) in [4.78, 5) is 0. The van der Waals surface area contributed by atoms with Crippen molar-refractivity contribution in [2.24, 2.45) is 0 Å². The normalized spacial score (nSPS) is 10.9. The van der Waals surface area contributed by atoms with E-state index in [2.05, 4.69) is 6.07 Å². The lowest BCUT2D eigenvalue weighted by Gasteiger charge is -2.05. The highest BCUT2D eigenvalue weighted by molar-refractivity contribution is 6.30. The molecule has 0 spiro atoms. The third-order valence-corrected chi connectivity index (χ3v) is 2.97. The van der Waals surface area contributed by atoms with Crippen LogP contribution in [0.15, 0.2) is 48.5 Å². The molecule has 2 rings (SSSR count). The van der Waals surface area contributed by atoms with Gasteiger partial charge in [0.2, 0.25) is 0 Å². The molecule has 0 N–H and O–H groups in total. The molecule has 0 radical (unpaired) electrons. The van der Waals surface area contributed by atoms with Crippen LogP contribution in [0.4, 0.5) is 0 Å². The number of benzene rings is 2. The van der Waals surface area contributed by atoms with Crippen molar-refractivity contribution < 1.29 is 4.74 Å². The van der Waals surface area contributed by atoms with Crippen molar-refractivity contribution in [3.05, 3.63) is 64.7 Å². The fourth-order valence-corrected chi connectivity index (χ4v) is 1.88. The Bertz CT molecular complexity index is 639. The van der Waals surface area contributed by atoms with E-state index in [1.807, 2.05) is 42.5 Å². The van der Waals surface area contributed by atoms with Gasteiger partial charge in [0.1, 0.15) is 5.75 Å². The number of halogens is 1. The van der Waals surface area contributed by atoms with Gasteiger partial charge in [-0.15, -0.1) is 0 Å². The van der Waals surface area contributed by atoms with Crippen LogP contribution in [0.25, 0.3) is 11.6 Å². The number of hydrogen-bond donors (Lipinski definition) is 0. The Morgan fingerprint density at radius 2 is 1.84 bits per heavy atom. The van der Waals surface area contributed by atoms with Crippen LogP contribution in [0.5, 0.6) is 5.75 Å². The standard InChI is InChI=1S/C16H12ClNO/c1-19-16-5-3-2-4-13(16)10-14(11-18)12-6-8-15(17)9-7-12/h2-10H,1H3/b14-10-. The van der Waals surface area contributed by atoms with Crippen LogP contribution in [0.2, 0.25) is 5.02 Å². The molecule has 0 aromatic heterocycles. The minimum Gasteiger partial charge on any atom is -0.496 e. The number of allylic oxidation sites excluding steroid dienone is 1. The van der Waals surface area contributed by atoms with Crippen molar-refractivity contribution in [1.82, 2.24) is 0 Å². The van der Waals surface area contributed by atoms with E-state index in [0.29, 0.717) is 10.6 Å². The molecule has 0 atom stereocenters. The SMILES string of the molecule is COc1ccccc1/C=C(/C#N)c1ccc(Cl)cc1. The van der Waals surface area contributed by atoms with Crippen LogP contribution < -0.4 is 4.74 Å². The van der Waals surface area contributed by atoms with Crippen LogP contribution in [0.3, 0.4) is 0 Å². The zero-order valence-electron chi connectivity index (χ0n) is 10.4. The summed E-state index contributed by atoms with van der Waals surface area (Å²) < 4.78 is 5.27. The van der Waals surface area contributed by atoms with E-state index in [1.54, 1.807) is 19.2 Å². The maximum absolute atomic E-state index is 9.28. The van der Waals surface area contributed by atoms with E-state index in [0.717, 1.165) is 16.9 Å². The summed E-state index contributed by atoms with van der Waals surface area (Å²) in [6, 6.07) is 17.0. The van der Waals surface area contributed by atoms with E-state index in [9.17, 15) is 5.26 Å². The van der Waals surface area contributed by atoms with Crippen molar-refractivity contribution in [3.63, 3.8) is 0 Å². The Hall–Kier alpha value is -2.24. The molecule has 0 aliphatic carbocycles. The lowest BCUT2D eigenvalue weighted by Crippen LogP contribution is -1.87. The smallest absolute Gasteiger partial charge is 0.126 e. The van der Waals surface area contributed by atoms with E-state index in [1.165, 1.54) is 0 Å². The van der Waals surface area contributed by atoms with Crippen molar-refractivity contribution in [2.45, 2.75) is 0 Å². The number of para-hydroxylation sites is 1. The van der Waals surface area contributed by atoms with Gasteiger partial charge in [-0.05, 0) is 29.8 Å². The predicted octanol–water partition coefficient (Wildman–Crippen LogP) is 4.41. The molecule has 2 aromatic carbocycles. The van der Waals surface area contributed by atoms with Gasteiger partial charge in [0.05, 0.1) is 18.8 Å². The molecular weight excluding hydrogens is 258 g/mol. The average Bonchev–Trinajstić information content (AvgIpc) is 2.46. The van der Waals surface area contributed by atoms with E-state index >= 15 is 0 Å². The number of nitriles is 1. The third kappa shape index (κ3) is 3.15. The predicted molar refractivity (Wildman–Crippen MR) is 77.9 cm³/mol. The number of nitrogens with zero attached hydrogens (tertiary/aromatic N) is 1. The van der Waals surface area contributed by atoms with Crippen LogP contribution in [0.1, 0.15) is 11.1 Å². The van der Waals surface area contributed by atoms with Crippen molar-refractivity contribution in [1.29, 1.82) is 5.26 Å². The third-order valence-electron chi connectivity index (χ3n) is 2.71. The van der Waals surface area contributed by atoms with E-state index < -0.39 is 0 Å². The summed E-state index contributed by atoms with van der Waals surface area (Å²) >= 11 is 5.85. The minimum absolute atomic E-state index is 0.571. The molecule has 0 aliphatic rings. The Labute approximate surface area is 117 Å². The number of methoxy groups -OCH3 is 1. The summed E-state index contributed by atoms with van der Waals surface area (Å²) in [6.07, 6.45) is 1.81. The van der Waals surface area contributed by atoms with Gasteiger partial charge in [0.25, 0.3) is 0 Å². The first kappa shape index (κ1) is 13.2. The van der Waals surface area contributed by atoms with Crippen molar-refractivity contribution >= 4 is 23.3 Å². The topological polar surface area (TPSA) is 33.0 Å². The Morgan fingerprint density at radius 1 is 1.16 bits per heavy atom. The second kappa shape index (κ2) is 6.08. The maximum Gasteiger partial charge on any atom is 0.126 e. The highest BCUT2D eigenvalue weighted by atomic mass is 35.5. The summed E-state index contributed by atoms with van der Waals surface area (Å²) in [5, 5.41) is 9.93. The molecule has 0 bridgehead atoms. The van der Waals surface area contributed by atoms with Gasteiger partial charge in [0.15, 0.2) is 0 Å². The molecule has 19 heavy (non-hydrogen) atoms. The molecule has 0 saturated carbocycles. The maximum atomic E-state index is 9.28. The molecule has 0 heterocycles. The quantitative estimate of drug-likeness (QED) is 0.611. The van der Waals surface area contributed by atoms with Gasteiger partial charge in [-0.25, -0.2) is 0 Å². The Kier molecular flexibility index (Phi) is 4.22. The highest BCUT2D eigenvalue weighted by Crippen LogP contribution is 2.24.